The molecule has 13 rings (SSSR count). The Balaban J connectivity index is 1.08. The summed E-state index contributed by atoms with van der Waals surface area (Å²) in [6.07, 6.45) is 7.17. The van der Waals surface area contributed by atoms with Crippen molar-refractivity contribution in [2.75, 3.05) is 14.7 Å². The van der Waals surface area contributed by atoms with E-state index < -0.39 is 0 Å². The molecule has 0 saturated heterocycles. The average molecular weight is 844 g/mol. The highest BCUT2D eigenvalue weighted by atomic mass is 15.2. The standard InChI is InChI=1S/C62H57N3/c1-42-17-16-26-58-60(42)57-32-31-53(41-59(57)62(58,2)3)65(52-29-27-45(28-30-52)61-46-34-43-33-44(36-46)37-47(61)35-43)56-39-54(63(48-18-8-4-9-19-48)49-20-10-5-11-21-49)38-55(40-56)64(50-22-12-6-13-23-50)51-24-14-7-15-25-51/h4-32,38-41,43-44,46-47,61H,33-37H2,1-3H3. The molecule has 8 aromatic carbocycles. The number of hydrogen-bond donors (Lipinski definition) is 0. The average Bonchev–Trinajstić information content (AvgIpc) is 3.57. The Bertz CT molecular complexity index is 2770. The lowest BCUT2D eigenvalue weighted by Crippen LogP contribution is -2.43. The number of aryl methyl sites for hydroxylation is 1. The van der Waals surface area contributed by atoms with E-state index in [1.54, 1.807) is 0 Å². The molecule has 0 radical (unpaired) electrons. The number of nitrogens with zero attached hydrogens (tertiary/aromatic N) is 3. The fraction of sp³-hybridized carbons (Fsp3) is 0.226. The van der Waals surface area contributed by atoms with E-state index in [2.05, 4.69) is 236 Å². The molecule has 0 spiro atoms. The van der Waals surface area contributed by atoms with E-state index in [1.807, 2.05) is 0 Å². The molecule has 0 atom stereocenters. The fourth-order valence-electron chi connectivity index (χ4n) is 13.0. The van der Waals surface area contributed by atoms with Crippen LogP contribution in [-0.4, -0.2) is 0 Å². The molecular weight excluding hydrogens is 787 g/mol. The summed E-state index contributed by atoms with van der Waals surface area (Å²) in [5.41, 5.74) is 18.2. The molecule has 4 fully saturated rings. The maximum Gasteiger partial charge on any atom is 0.0503 e. The van der Waals surface area contributed by atoms with E-state index in [0.717, 1.165) is 69.2 Å². The highest BCUT2D eigenvalue weighted by Gasteiger charge is 2.48. The highest BCUT2D eigenvalue weighted by Crippen LogP contribution is 2.60. The SMILES string of the molecule is Cc1cccc2c1-c1ccc(N(c3ccc(C4C5CC6CC(C5)CC4C6)cc3)c3cc(N(c4ccccc4)c4ccccc4)cc(N(c4ccccc4)c4ccccc4)c3)cc1C2(C)C. The third-order valence-electron chi connectivity index (χ3n) is 15.6. The van der Waals surface area contributed by atoms with Gasteiger partial charge in [-0.05, 0) is 193 Å². The second-order valence-electron chi connectivity index (χ2n) is 20.0. The molecule has 3 nitrogen and oxygen atoms in total. The third-order valence-corrected chi connectivity index (χ3v) is 15.6. The van der Waals surface area contributed by atoms with Crippen molar-refractivity contribution in [1.82, 2.24) is 0 Å². The quantitative estimate of drug-likeness (QED) is 0.136. The van der Waals surface area contributed by atoms with Crippen LogP contribution >= 0.6 is 0 Å². The highest BCUT2D eigenvalue weighted by molar-refractivity contribution is 5.91. The molecule has 0 aliphatic heterocycles. The molecule has 0 amide bonds. The first-order valence-electron chi connectivity index (χ1n) is 24.0. The van der Waals surface area contributed by atoms with E-state index in [0.29, 0.717) is 5.92 Å². The normalized spacial score (nSPS) is 20.8. The van der Waals surface area contributed by atoms with Gasteiger partial charge in [0.15, 0.2) is 0 Å². The van der Waals surface area contributed by atoms with Gasteiger partial charge in [0.25, 0.3) is 0 Å². The minimum Gasteiger partial charge on any atom is -0.310 e. The van der Waals surface area contributed by atoms with Crippen LogP contribution in [0.15, 0.2) is 200 Å². The fourth-order valence-corrected chi connectivity index (χ4v) is 13.0. The number of hydrogen-bond acceptors (Lipinski definition) is 3. The molecule has 8 aromatic rings. The summed E-state index contributed by atoms with van der Waals surface area (Å²) in [5, 5.41) is 0. The molecule has 320 valence electrons. The monoisotopic (exact) mass is 843 g/mol. The Hall–Kier alpha value is -6.84. The van der Waals surface area contributed by atoms with Crippen molar-refractivity contribution < 1.29 is 0 Å². The molecule has 5 aliphatic rings. The van der Waals surface area contributed by atoms with Crippen molar-refractivity contribution in [2.24, 2.45) is 23.7 Å². The van der Waals surface area contributed by atoms with Crippen molar-refractivity contribution in [3.8, 4) is 11.1 Å². The molecule has 5 aliphatic carbocycles. The first kappa shape index (κ1) is 39.7. The summed E-state index contributed by atoms with van der Waals surface area (Å²) in [6.45, 7) is 7.07. The van der Waals surface area contributed by atoms with Gasteiger partial charge in [0.1, 0.15) is 0 Å². The zero-order valence-electron chi connectivity index (χ0n) is 37.8. The van der Waals surface area contributed by atoms with Crippen molar-refractivity contribution in [3.05, 3.63) is 222 Å². The second-order valence-corrected chi connectivity index (χ2v) is 20.0. The minimum atomic E-state index is -0.149. The predicted octanol–water partition coefficient (Wildman–Crippen LogP) is 17.3. The molecule has 4 saturated carbocycles. The van der Waals surface area contributed by atoms with Crippen LogP contribution in [0.1, 0.15) is 74.1 Å². The summed E-state index contributed by atoms with van der Waals surface area (Å²) < 4.78 is 0. The maximum atomic E-state index is 2.53. The first-order chi connectivity index (χ1) is 31.9. The van der Waals surface area contributed by atoms with Crippen LogP contribution in [0.3, 0.4) is 0 Å². The Kier molecular flexibility index (Phi) is 9.78. The second kappa shape index (κ2) is 16.0. The van der Waals surface area contributed by atoms with Gasteiger partial charge in [0.05, 0.1) is 17.1 Å². The largest absolute Gasteiger partial charge is 0.310 e. The minimum absolute atomic E-state index is 0.149. The number of fused-ring (bicyclic) bond motifs is 3. The van der Waals surface area contributed by atoms with Gasteiger partial charge in [0.2, 0.25) is 0 Å². The Morgan fingerprint density at radius 1 is 0.369 bits per heavy atom. The Morgan fingerprint density at radius 2 is 0.785 bits per heavy atom. The van der Waals surface area contributed by atoms with Gasteiger partial charge in [0, 0.05) is 39.5 Å². The molecule has 0 aromatic heterocycles. The summed E-state index contributed by atoms with van der Waals surface area (Å²) in [4.78, 5) is 7.34. The zero-order valence-corrected chi connectivity index (χ0v) is 37.8. The van der Waals surface area contributed by atoms with Gasteiger partial charge in [-0.15, -0.1) is 0 Å². The van der Waals surface area contributed by atoms with Crippen LogP contribution in [0, 0.1) is 30.6 Å². The number of rotatable bonds is 10. The molecule has 0 N–H and O–H groups in total. The smallest absolute Gasteiger partial charge is 0.0503 e. The lowest BCUT2D eigenvalue weighted by molar-refractivity contribution is -0.00277. The molecule has 4 bridgehead atoms. The van der Waals surface area contributed by atoms with E-state index in [-0.39, 0.29) is 5.41 Å². The molecule has 0 heterocycles. The van der Waals surface area contributed by atoms with Crippen molar-refractivity contribution in [2.45, 2.75) is 64.2 Å². The predicted molar refractivity (Wildman–Crippen MR) is 273 cm³/mol. The lowest BCUT2D eigenvalue weighted by Gasteiger charge is -2.54. The lowest BCUT2D eigenvalue weighted by atomic mass is 9.51. The van der Waals surface area contributed by atoms with Gasteiger partial charge in [-0.3, -0.25) is 0 Å². The molecule has 3 heteroatoms. The maximum absolute atomic E-state index is 2.53. The number of anilines is 9. The molecule has 0 unspecified atom stereocenters. The molecular formula is C62H57N3. The Labute approximate surface area is 385 Å². The van der Waals surface area contributed by atoms with Crippen LogP contribution in [0.25, 0.3) is 11.1 Å². The van der Waals surface area contributed by atoms with Crippen LogP contribution in [0.2, 0.25) is 0 Å². The first-order valence-corrected chi connectivity index (χ1v) is 24.0. The van der Waals surface area contributed by atoms with Crippen LogP contribution in [0.4, 0.5) is 51.2 Å². The van der Waals surface area contributed by atoms with Gasteiger partial charge >= 0.3 is 0 Å². The molecule has 65 heavy (non-hydrogen) atoms. The number of para-hydroxylation sites is 4. The van der Waals surface area contributed by atoms with Gasteiger partial charge in [-0.2, -0.15) is 0 Å². The van der Waals surface area contributed by atoms with E-state index in [9.17, 15) is 0 Å². The van der Waals surface area contributed by atoms with E-state index in [1.165, 1.54) is 71.2 Å². The van der Waals surface area contributed by atoms with Crippen LogP contribution in [0.5, 0.6) is 0 Å². The van der Waals surface area contributed by atoms with Crippen molar-refractivity contribution in [1.29, 1.82) is 0 Å². The Morgan fingerprint density at radius 3 is 1.25 bits per heavy atom. The zero-order chi connectivity index (χ0) is 43.6. The summed E-state index contributed by atoms with van der Waals surface area (Å²) in [5.74, 6) is 4.27. The third kappa shape index (κ3) is 6.95. The summed E-state index contributed by atoms with van der Waals surface area (Å²) in [6, 6.07) is 74.4. The topological polar surface area (TPSA) is 9.72 Å². The van der Waals surface area contributed by atoms with Gasteiger partial charge < -0.3 is 14.7 Å². The van der Waals surface area contributed by atoms with E-state index in [4.69, 9.17) is 0 Å². The van der Waals surface area contributed by atoms with E-state index >= 15 is 0 Å². The van der Waals surface area contributed by atoms with Crippen molar-refractivity contribution >= 4 is 51.2 Å². The number of benzene rings is 8. The van der Waals surface area contributed by atoms with Crippen molar-refractivity contribution in [3.63, 3.8) is 0 Å². The van der Waals surface area contributed by atoms with Gasteiger partial charge in [-0.1, -0.05) is 123 Å². The van der Waals surface area contributed by atoms with Crippen LogP contribution < -0.4 is 14.7 Å². The summed E-state index contributed by atoms with van der Waals surface area (Å²) >= 11 is 0. The van der Waals surface area contributed by atoms with Gasteiger partial charge in [-0.25, -0.2) is 0 Å². The van der Waals surface area contributed by atoms with Crippen LogP contribution in [-0.2, 0) is 5.41 Å². The summed E-state index contributed by atoms with van der Waals surface area (Å²) in [7, 11) is 0.